The second kappa shape index (κ2) is 4.25. The van der Waals surface area contributed by atoms with E-state index in [-0.39, 0.29) is 4.90 Å². The minimum atomic E-state index is -3.52. The van der Waals surface area contributed by atoms with Gasteiger partial charge in [0, 0.05) is 30.6 Å². The van der Waals surface area contributed by atoms with Gasteiger partial charge in [0.1, 0.15) is 5.82 Å². The van der Waals surface area contributed by atoms with E-state index in [1.165, 1.54) is 0 Å². The Morgan fingerprint density at radius 1 is 1.85 bits per heavy atom. The van der Waals surface area contributed by atoms with Crippen LogP contribution < -0.4 is 10.4 Å². The fraction of sp³-hybridized carbons (Fsp3) is 0.375. The molecule has 13 heavy (non-hydrogen) atoms. The summed E-state index contributed by atoms with van der Waals surface area (Å²) >= 11 is 0. The van der Waals surface area contributed by atoms with Crippen LogP contribution in [0.3, 0.4) is 0 Å². The molecule has 0 amide bonds. The first-order chi connectivity index (χ1) is 10.5. The zero-order chi connectivity index (χ0) is 19.2. The highest BCUT2D eigenvalue weighted by Gasteiger charge is 2.12. The molecule has 1 aromatic heterocycles. The highest BCUT2D eigenvalue weighted by molar-refractivity contribution is 6.58. The summed E-state index contributed by atoms with van der Waals surface area (Å²) in [6.07, 6.45) is -0.973. The molecular weight excluding hydrogens is 167 g/mol. The highest BCUT2D eigenvalue weighted by Crippen LogP contribution is 2.04. The molecular formula is C8H13BN2O2. The molecule has 70 valence electrons. The lowest BCUT2D eigenvalue weighted by Crippen LogP contribution is -2.31. The predicted molar refractivity (Wildman–Crippen MR) is 53.0 cm³/mol. The minimum absolute atomic E-state index is 0.293. The molecule has 0 spiro atoms. The summed E-state index contributed by atoms with van der Waals surface area (Å²) in [5, 5.41) is 18.4. The lowest BCUT2D eigenvalue weighted by atomic mass is 9.81. The Labute approximate surface area is 93.4 Å². The van der Waals surface area contributed by atoms with Gasteiger partial charge in [-0.3, -0.25) is 0 Å². The lowest BCUT2D eigenvalue weighted by Gasteiger charge is -2.15. The van der Waals surface area contributed by atoms with Gasteiger partial charge in [-0.05, 0) is 24.4 Å². The summed E-state index contributed by atoms with van der Waals surface area (Å²) in [4.78, 5) is 3.01. The maximum atomic E-state index is 9.22. The van der Waals surface area contributed by atoms with Crippen molar-refractivity contribution in [3.05, 3.63) is 18.3 Å². The molecule has 4 nitrogen and oxygen atoms in total. The first kappa shape index (κ1) is 2.71. The molecule has 1 rings (SSSR count). The standard InChI is InChI=1S/C8H13BN2O2/c1-3-11(2)8-6-7(9(12)13)4-5-10-8/h4-6,12-13H,3H2,1-2H3/i1D3,2D3,3D2,4D,5D,6D. The van der Waals surface area contributed by atoms with Crippen molar-refractivity contribution in [3.63, 3.8) is 0 Å². The van der Waals surface area contributed by atoms with E-state index in [1.807, 2.05) is 0 Å². The zero-order valence-electron chi connectivity index (χ0n) is 17.4. The van der Waals surface area contributed by atoms with Crippen molar-refractivity contribution in [2.24, 2.45) is 0 Å². The van der Waals surface area contributed by atoms with E-state index in [2.05, 4.69) is 4.98 Å². The van der Waals surface area contributed by atoms with Gasteiger partial charge in [0.25, 0.3) is 0 Å². The van der Waals surface area contributed by atoms with Crippen molar-refractivity contribution in [2.75, 3.05) is 18.4 Å². The Bertz CT molecular complexity index is 630. The Morgan fingerprint density at radius 2 is 2.69 bits per heavy atom. The Kier molecular flexibility index (Phi) is 0.887. The summed E-state index contributed by atoms with van der Waals surface area (Å²) in [5.41, 5.74) is -0.888. The molecule has 0 aromatic carbocycles. The average Bonchev–Trinajstić information content (AvgIpc) is 2.32. The quantitative estimate of drug-likeness (QED) is 0.615. The van der Waals surface area contributed by atoms with Gasteiger partial charge in [-0.1, -0.05) is 0 Å². The zero-order valence-corrected chi connectivity index (χ0v) is 6.37. The maximum absolute atomic E-state index is 9.22. The van der Waals surface area contributed by atoms with Gasteiger partial charge in [0.15, 0.2) is 0 Å². The molecule has 0 atom stereocenters. The lowest BCUT2D eigenvalue weighted by molar-refractivity contribution is 0.425. The molecule has 0 aliphatic heterocycles. The van der Waals surface area contributed by atoms with Crippen LogP contribution in [-0.2, 0) is 0 Å². The monoisotopic (exact) mass is 191 g/mol. The molecule has 0 aliphatic carbocycles. The third kappa shape index (κ3) is 2.43. The molecule has 0 aliphatic rings. The van der Waals surface area contributed by atoms with Crippen LogP contribution in [0, 0.1) is 0 Å². The summed E-state index contributed by atoms with van der Waals surface area (Å²) in [6.45, 7) is -10.4. The van der Waals surface area contributed by atoms with Crippen LogP contribution in [0.2, 0.25) is 0 Å². The SMILES string of the molecule is [2H]c1nc(N(C([2H])([2H])[2H])C([2H])([2H])C([2H])([2H])[2H])c([2H])c(B(O)O)c1[2H]. The van der Waals surface area contributed by atoms with Crippen molar-refractivity contribution in [1.82, 2.24) is 4.98 Å². The van der Waals surface area contributed by atoms with Crippen LogP contribution in [0.1, 0.15) is 21.9 Å². The van der Waals surface area contributed by atoms with Gasteiger partial charge in [-0.15, -0.1) is 0 Å². The third-order valence-electron chi connectivity index (χ3n) is 1.18. The topological polar surface area (TPSA) is 56.6 Å². The van der Waals surface area contributed by atoms with Gasteiger partial charge >= 0.3 is 7.12 Å². The molecule has 0 saturated carbocycles. The summed E-state index contributed by atoms with van der Waals surface area (Å²) in [6, 6.07) is -1.95. The average molecular weight is 191 g/mol. The summed E-state index contributed by atoms with van der Waals surface area (Å²) in [7, 11) is -2.44. The molecule has 5 heteroatoms. The smallest absolute Gasteiger partial charge is 0.423 e. The van der Waals surface area contributed by atoms with E-state index in [0.717, 1.165) is 0 Å². The van der Waals surface area contributed by atoms with Crippen LogP contribution in [0.4, 0.5) is 5.82 Å². The van der Waals surface area contributed by atoms with E-state index >= 15 is 0 Å². The van der Waals surface area contributed by atoms with Gasteiger partial charge in [-0.25, -0.2) is 4.98 Å². The van der Waals surface area contributed by atoms with Crippen LogP contribution in [0.5, 0.6) is 0 Å². The fourth-order valence-corrected chi connectivity index (χ4v) is 0.609. The van der Waals surface area contributed by atoms with E-state index in [1.54, 1.807) is 0 Å². The van der Waals surface area contributed by atoms with Crippen molar-refractivity contribution in [1.29, 1.82) is 0 Å². The number of nitrogens with zero attached hydrogens (tertiary/aromatic N) is 2. The third-order valence-corrected chi connectivity index (χ3v) is 1.18. The van der Waals surface area contributed by atoms with Gasteiger partial charge in [0.2, 0.25) is 0 Å². The number of pyridine rings is 1. The molecule has 1 heterocycles. The largest absolute Gasteiger partial charge is 0.488 e. The molecule has 0 bridgehead atoms. The molecule has 0 fully saturated rings. The van der Waals surface area contributed by atoms with E-state index < -0.39 is 57.0 Å². The second-order valence-corrected chi connectivity index (χ2v) is 2.03. The number of rotatable bonds is 3. The van der Waals surface area contributed by atoms with Crippen molar-refractivity contribution in [2.45, 2.75) is 6.85 Å². The van der Waals surface area contributed by atoms with E-state index in [9.17, 15) is 10.0 Å². The van der Waals surface area contributed by atoms with Crippen LogP contribution >= 0.6 is 0 Å². The first-order valence-electron chi connectivity index (χ1n) is 8.67. The van der Waals surface area contributed by atoms with Crippen molar-refractivity contribution < 1.29 is 25.1 Å². The van der Waals surface area contributed by atoms with Crippen LogP contribution in [0.15, 0.2) is 18.3 Å². The molecule has 0 unspecified atom stereocenters. The second-order valence-electron chi connectivity index (χ2n) is 2.03. The van der Waals surface area contributed by atoms with Crippen LogP contribution in [0.25, 0.3) is 0 Å². The van der Waals surface area contributed by atoms with Crippen molar-refractivity contribution >= 4 is 18.4 Å². The van der Waals surface area contributed by atoms with Gasteiger partial charge in [0.05, 0.1) is 4.11 Å². The summed E-state index contributed by atoms with van der Waals surface area (Å²) in [5.74, 6) is -1.11. The number of hydrogen-bond donors (Lipinski definition) is 2. The predicted octanol–water partition coefficient (Wildman–Crippen LogP) is -0.782. The van der Waals surface area contributed by atoms with Crippen molar-refractivity contribution in [3.8, 4) is 0 Å². The van der Waals surface area contributed by atoms with E-state index in [0.29, 0.717) is 0 Å². The molecule has 0 saturated heterocycles. The molecule has 0 radical (unpaired) electrons. The Morgan fingerprint density at radius 3 is 3.31 bits per heavy atom. The summed E-state index contributed by atoms with van der Waals surface area (Å²) < 4.78 is 81.7. The Balaban J connectivity index is 3.82. The van der Waals surface area contributed by atoms with Crippen LogP contribution in [-0.4, -0.2) is 35.6 Å². The molecule has 2 N–H and O–H groups in total. The van der Waals surface area contributed by atoms with Gasteiger partial charge in [-0.2, -0.15) is 0 Å². The van der Waals surface area contributed by atoms with Gasteiger partial charge < -0.3 is 14.9 Å². The number of aromatic nitrogens is 1. The molecule has 1 aromatic rings. The number of hydrogen-bond acceptors (Lipinski definition) is 4. The highest BCUT2D eigenvalue weighted by atomic mass is 16.4. The first-order valence-corrected chi connectivity index (χ1v) is 3.17. The normalized spacial score (nSPS) is 25.2. The minimum Gasteiger partial charge on any atom is -0.423 e. The van der Waals surface area contributed by atoms with E-state index in [4.69, 9.17) is 15.1 Å². The number of anilines is 1. The Hall–Kier alpha value is -1.07. The maximum Gasteiger partial charge on any atom is 0.488 e. The fourth-order valence-electron chi connectivity index (χ4n) is 0.609.